The number of fused-ring (bicyclic) bond motifs is 1. The van der Waals surface area contributed by atoms with Crippen LogP contribution in [0.25, 0.3) is 11.0 Å². The van der Waals surface area contributed by atoms with Crippen molar-refractivity contribution in [3.63, 3.8) is 0 Å². The minimum atomic E-state index is -0.755. The average Bonchev–Trinajstić information content (AvgIpc) is 2.78. The highest BCUT2D eigenvalue weighted by atomic mass is 35.5. The summed E-state index contributed by atoms with van der Waals surface area (Å²) in [4.78, 5) is 12.1. The highest BCUT2D eigenvalue weighted by Crippen LogP contribution is 2.34. The number of nitrogens with zero attached hydrogens (tertiary/aromatic N) is 2. The number of carbonyl (C=O) groups excluding carboxylic acids is 1. The van der Waals surface area contributed by atoms with Crippen LogP contribution in [0, 0.1) is 0 Å². The first-order chi connectivity index (χ1) is 8.60. The molecule has 2 aromatic rings. The third-order valence-electron chi connectivity index (χ3n) is 3.31. The Hall–Kier alpha value is -1.24. The Morgan fingerprint density at radius 2 is 2.22 bits per heavy atom. The SMILES string of the molecule is NC1(C(=O)Nc2c(Cl)ccc3nsnc23)CCC1. The maximum atomic E-state index is 12.1. The number of nitrogens with two attached hydrogens (primary N) is 1. The van der Waals surface area contributed by atoms with Gasteiger partial charge in [0.1, 0.15) is 11.0 Å². The van der Waals surface area contributed by atoms with Gasteiger partial charge >= 0.3 is 0 Å². The number of aromatic nitrogens is 2. The third-order valence-corrected chi connectivity index (χ3v) is 4.17. The number of hydrogen-bond acceptors (Lipinski definition) is 5. The van der Waals surface area contributed by atoms with Crippen molar-refractivity contribution in [2.24, 2.45) is 5.73 Å². The lowest BCUT2D eigenvalue weighted by Gasteiger charge is -2.36. The van der Waals surface area contributed by atoms with E-state index in [4.69, 9.17) is 17.3 Å². The lowest BCUT2D eigenvalue weighted by Crippen LogP contribution is -2.56. The Labute approximate surface area is 113 Å². The van der Waals surface area contributed by atoms with Crippen LogP contribution < -0.4 is 11.1 Å². The molecule has 0 atom stereocenters. The van der Waals surface area contributed by atoms with E-state index in [0.29, 0.717) is 29.1 Å². The fraction of sp³-hybridized carbons (Fsp3) is 0.364. The van der Waals surface area contributed by atoms with Gasteiger partial charge in [-0.2, -0.15) is 8.75 Å². The fourth-order valence-electron chi connectivity index (χ4n) is 1.97. The van der Waals surface area contributed by atoms with Crippen molar-refractivity contribution >= 4 is 46.0 Å². The number of nitrogens with one attached hydrogen (secondary N) is 1. The maximum Gasteiger partial charge on any atom is 0.244 e. The molecule has 1 heterocycles. The Balaban J connectivity index is 1.96. The molecule has 1 saturated carbocycles. The second kappa shape index (κ2) is 4.15. The molecule has 0 saturated heterocycles. The Kier molecular flexibility index (Phi) is 2.73. The molecule has 0 bridgehead atoms. The van der Waals surface area contributed by atoms with Gasteiger partial charge in [0.2, 0.25) is 5.91 Å². The Morgan fingerprint density at radius 3 is 2.89 bits per heavy atom. The van der Waals surface area contributed by atoms with Crippen LogP contribution in [0.15, 0.2) is 12.1 Å². The van der Waals surface area contributed by atoms with Crippen molar-refractivity contribution < 1.29 is 4.79 Å². The smallest absolute Gasteiger partial charge is 0.244 e. The Bertz CT molecular complexity index is 623. The number of amides is 1. The summed E-state index contributed by atoms with van der Waals surface area (Å²) >= 11 is 7.19. The monoisotopic (exact) mass is 282 g/mol. The molecule has 1 amide bonds. The molecule has 0 unspecified atom stereocenters. The molecule has 7 heteroatoms. The maximum absolute atomic E-state index is 12.1. The second-order valence-corrected chi connectivity index (χ2v) is 5.45. The number of benzene rings is 1. The zero-order valence-corrected chi connectivity index (χ0v) is 11.0. The van der Waals surface area contributed by atoms with E-state index in [9.17, 15) is 4.79 Å². The molecule has 94 valence electrons. The third kappa shape index (κ3) is 1.77. The number of rotatable bonds is 2. The van der Waals surface area contributed by atoms with Crippen molar-refractivity contribution in [2.75, 3.05) is 5.32 Å². The van der Waals surface area contributed by atoms with E-state index < -0.39 is 5.54 Å². The van der Waals surface area contributed by atoms with Crippen LogP contribution in [0.4, 0.5) is 5.69 Å². The van der Waals surface area contributed by atoms with Gasteiger partial charge in [0, 0.05) is 0 Å². The van der Waals surface area contributed by atoms with E-state index in [0.717, 1.165) is 23.7 Å². The van der Waals surface area contributed by atoms with Crippen LogP contribution in [0.5, 0.6) is 0 Å². The summed E-state index contributed by atoms with van der Waals surface area (Å²) < 4.78 is 8.26. The molecule has 5 nitrogen and oxygen atoms in total. The van der Waals surface area contributed by atoms with Gasteiger partial charge in [-0.25, -0.2) is 0 Å². The van der Waals surface area contributed by atoms with Crippen molar-refractivity contribution in [2.45, 2.75) is 24.8 Å². The highest BCUT2D eigenvalue weighted by molar-refractivity contribution is 7.00. The van der Waals surface area contributed by atoms with E-state index in [1.54, 1.807) is 12.1 Å². The molecule has 18 heavy (non-hydrogen) atoms. The molecule has 3 rings (SSSR count). The van der Waals surface area contributed by atoms with Crippen LogP contribution in [0.3, 0.4) is 0 Å². The van der Waals surface area contributed by atoms with Gasteiger partial charge in [-0.1, -0.05) is 11.6 Å². The zero-order chi connectivity index (χ0) is 12.8. The van der Waals surface area contributed by atoms with Gasteiger partial charge in [0.05, 0.1) is 28.0 Å². The van der Waals surface area contributed by atoms with E-state index in [1.807, 2.05) is 0 Å². The molecular formula is C11H11ClN4OS. The molecule has 1 aliphatic rings. The van der Waals surface area contributed by atoms with Gasteiger partial charge in [0.25, 0.3) is 0 Å². The first-order valence-corrected chi connectivity index (χ1v) is 6.72. The van der Waals surface area contributed by atoms with Crippen molar-refractivity contribution in [1.82, 2.24) is 8.75 Å². The van der Waals surface area contributed by atoms with Crippen LogP contribution in [0.1, 0.15) is 19.3 Å². The zero-order valence-electron chi connectivity index (χ0n) is 9.44. The summed E-state index contributed by atoms with van der Waals surface area (Å²) in [6, 6.07) is 3.48. The van der Waals surface area contributed by atoms with Crippen molar-refractivity contribution in [3.8, 4) is 0 Å². The van der Waals surface area contributed by atoms with Gasteiger partial charge in [-0.05, 0) is 31.4 Å². The summed E-state index contributed by atoms with van der Waals surface area (Å²) in [7, 11) is 0. The standard InChI is InChI=1S/C11H11ClN4OS/c12-6-2-3-7-9(16-18-15-7)8(6)14-10(17)11(13)4-1-5-11/h2-3H,1,4-5,13H2,(H,14,17). The molecule has 1 aliphatic carbocycles. The molecule has 0 radical (unpaired) electrons. The molecular weight excluding hydrogens is 272 g/mol. The summed E-state index contributed by atoms with van der Waals surface area (Å²) in [5.41, 5.74) is 7.06. The molecule has 1 fully saturated rings. The molecule has 0 spiro atoms. The van der Waals surface area contributed by atoms with E-state index >= 15 is 0 Å². The van der Waals surface area contributed by atoms with Crippen molar-refractivity contribution in [1.29, 1.82) is 0 Å². The van der Waals surface area contributed by atoms with Crippen LogP contribution in [-0.2, 0) is 4.79 Å². The average molecular weight is 283 g/mol. The van der Waals surface area contributed by atoms with Gasteiger partial charge < -0.3 is 11.1 Å². The molecule has 0 aliphatic heterocycles. The quantitative estimate of drug-likeness (QED) is 0.884. The minimum absolute atomic E-state index is 0.198. The number of hydrogen-bond donors (Lipinski definition) is 2. The van der Waals surface area contributed by atoms with E-state index in [-0.39, 0.29) is 5.91 Å². The van der Waals surface area contributed by atoms with E-state index in [1.165, 1.54) is 0 Å². The van der Waals surface area contributed by atoms with Gasteiger partial charge in [-0.15, -0.1) is 0 Å². The van der Waals surface area contributed by atoms with E-state index in [2.05, 4.69) is 14.1 Å². The predicted octanol–water partition coefficient (Wildman–Crippen LogP) is 2.16. The van der Waals surface area contributed by atoms with Gasteiger partial charge in [-0.3, -0.25) is 4.79 Å². The number of carbonyl (C=O) groups is 1. The lowest BCUT2D eigenvalue weighted by atomic mass is 9.77. The summed E-state index contributed by atoms with van der Waals surface area (Å²) in [6.45, 7) is 0. The van der Waals surface area contributed by atoms with Crippen LogP contribution in [0.2, 0.25) is 5.02 Å². The number of halogens is 1. The lowest BCUT2D eigenvalue weighted by molar-refractivity contribution is -0.123. The molecule has 3 N–H and O–H groups in total. The summed E-state index contributed by atoms with van der Waals surface area (Å²) in [5, 5.41) is 3.24. The molecule has 1 aromatic carbocycles. The Morgan fingerprint density at radius 1 is 1.44 bits per heavy atom. The largest absolute Gasteiger partial charge is 0.321 e. The fourth-order valence-corrected chi connectivity index (χ4v) is 2.71. The summed E-state index contributed by atoms with van der Waals surface area (Å²) in [5.74, 6) is -0.198. The molecule has 1 aromatic heterocycles. The minimum Gasteiger partial charge on any atom is -0.321 e. The normalized spacial score (nSPS) is 17.4. The van der Waals surface area contributed by atoms with Crippen LogP contribution >= 0.6 is 23.3 Å². The topological polar surface area (TPSA) is 80.9 Å². The summed E-state index contributed by atoms with van der Waals surface area (Å²) in [6.07, 6.45) is 2.41. The highest BCUT2D eigenvalue weighted by Gasteiger charge is 2.40. The second-order valence-electron chi connectivity index (χ2n) is 4.52. The van der Waals surface area contributed by atoms with Gasteiger partial charge in [0.15, 0.2) is 0 Å². The van der Waals surface area contributed by atoms with Crippen LogP contribution in [-0.4, -0.2) is 20.2 Å². The predicted molar refractivity (Wildman–Crippen MR) is 71.8 cm³/mol. The first-order valence-electron chi connectivity index (χ1n) is 5.61. The van der Waals surface area contributed by atoms with Crippen molar-refractivity contribution in [3.05, 3.63) is 17.2 Å². The number of anilines is 1. The first kappa shape index (κ1) is 11.8.